The van der Waals surface area contributed by atoms with Crippen molar-refractivity contribution in [3.05, 3.63) is 10.4 Å². The van der Waals surface area contributed by atoms with Gasteiger partial charge in [0.1, 0.15) is 15.4 Å². The zero-order valence-corrected chi connectivity index (χ0v) is 13.1. The maximum Gasteiger partial charge on any atom is 0.343 e. The van der Waals surface area contributed by atoms with E-state index in [1.807, 2.05) is 6.92 Å². The van der Waals surface area contributed by atoms with E-state index in [1.165, 1.54) is 11.3 Å². The van der Waals surface area contributed by atoms with Gasteiger partial charge in [0.15, 0.2) is 0 Å². The Bertz CT molecular complexity index is 538. The largest absolute Gasteiger partial charge is 0.462 e. The molecule has 6 nitrogen and oxygen atoms in total. The number of thiophene rings is 1. The van der Waals surface area contributed by atoms with E-state index in [9.17, 15) is 9.59 Å². The third-order valence-corrected chi connectivity index (χ3v) is 4.24. The van der Waals surface area contributed by atoms with Gasteiger partial charge in [-0.2, -0.15) is 0 Å². The quantitative estimate of drug-likeness (QED) is 0.671. The van der Waals surface area contributed by atoms with Gasteiger partial charge in [-0.25, -0.2) is 4.79 Å². The zero-order chi connectivity index (χ0) is 15.4. The van der Waals surface area contributed by atoms with Gasteiger partial charge in [-0.15, -0.1) is 11.3 Å². The molecular weight excluding hydrogens is 290 g/mol. The van der Waals surface area contributed by atoms with Gasteiger partial charge in [0.25, 0.3) is 5.91 Å². The number of rotatable bonds is 7. The number of nitrogens with one attached hydrogen (secondary N) is 2. The predicted molar refractivity (Wildman–Crippen MR) is 84.0 cm³/mol. The summed E-state index contributed by atoms with van der Waals surface area (Å²) in [5.74, 6) is -0.703. The number of ether oxygens (including phenoxy) is 1. The van der Waals surface area contributed by atoms with Crippen LogP contribution in [0.2, 0.25) is 0 Å². The highest BCUT2D eigenvalue weighted by Crippen LogP contribution is 2.36. The zero-order valence-electron chi connectivity index (χ0n) is 12.3. The van der Waals surface area contributed by atoms with Crippen molar-refractivity contribution in [2.75, 3.05) is 24.2 Å². The van der Waals surface area contributed by atoms with Gasteiger partial charge in [-0.1, -0.05) is 6.92 Å². The van der Waals surface area contributed by atoms with Gasteiger partial charge in [-0.05, 0) is 26.2 Å². The molecule has 0 bridgehead atoms. The molecule has 1 amide bonds. The first-order valence-electron chi connectivity index (χ1n) is 7.22. The molecular formula is C14H21N3O3S. The number of anilines is 2. The van der Waals surface area contributed by atoms with Crippen LogP contribution in [0, 0.1) is 0 Å². The van der Waals surface area contributed by atoms with Crippen LogP contribution in [0.25, 0.3) is 0 Å². The van der Waals surface area contributed by atoms with E-state index >= 15 is 0 Å². The van der Waals surface area contributed by atoms with Crippen molar-refractivity contribution < 1.29 is 14.3 Å². The standard InChI is InChI=1S/C14H21N3O3S/c1-3-7-16-13-9(14(19)20-4-2)10(15)11(21-13)12(18)17-8-5-6-8/h8,16H,3-7,15H2,1-2H3,(H,17,18). The van der Waals surface area contributed by atoms with E-state index in [0.717, 1.165) is 19.3 Å². The topological polar surface area (TPSA) is 93.5 Å². The highest BCUT2D eigenvalue weighted by Gasteiger charge is 2.29. The molecule has 4 N–H and O–H groups in total. The minimum absolute atomic E-state index is 0.204. The molecule has 1 aliphatic rings. The van der Waals surface area contributed by atoms with Crippen molar-refractivity contribution in [1.82, 2.24) is 5.32 Å². The second-order valence-corrected chi connectivity index (χ2v) is 5.96. The third-order valence-electron chi connectivity index (χ3n) is 3.08. The first kappa shape index (κ1) is 15.6. The van der Waals surface area contributed by atoms with Gasteiger partial charge in [0, 0.05) is 12.6 Å². The van der Waals surface area contributed by atoms with Crippen LogP contribution in [0.1, 0.15) is 53.1 Å². The highest BCUT2D eigenvalue weighted by molar-refractivity contribution is 7.19. The van der Waals surface area contributed by atoms with Crippen LogP contribution in [-0.4, -0.2) is 31.1 Å². The average molecular weight is 311 g/mol. The van der Waals surface area contributed by atoms with E-state index in [0.29, 0.717) is 16.4 Å². The van der Waals surface area contributed by atoms with Crippen LogP contribution < -0.4 is 16.4 Å². The molecule has 0 aliphatic heterocycles. The van der Waals surface area contributed by atoms with Crippen molar-refractivity contribution in [3.8, 4) is 0 Å². The Morgan fingerprint density at radius 2 is 2.10 bits per heavy atom. The fourth-order valence-corrected chi connectivity index (χ4v) is 2.90. The van der Waals surface area contributed by atoms with E-state index in [4.69, 9.17) is 10.5 Å². The molecule has 0 atom stereocenters. The molecule has 21 heavy (non-hydrogen) atoms. The number of amides is 1. The summed E-state index contributed by atoms with van der Waals surface area (Å²) in [6.45, 7) is 4.73. The van der Waals surface area contributed by atoms with Crippen molar-refractivity contribution in [1.29, 1.82) is 0 Å². The fraction of sp³-hybridized carbons (Fsp3) is 0.571. The molecule has 1 aromatic heterocycles. The Labute approximate surface area is 128 Å². The maximum atomic E-state index is 12.2. The Balaban J connectivity index is 2.28. The molecule has 1 aliphatic carbocycles. The number of nitrogens with two attached hydrogens (primary N) is 1. The number of esters is 1. The van der Waals surface area contributed by atoms with Crippen LogP contribution in [0.5, 0.6) is 0 Å². The number of carbonyl (C=O) groups excluding carboxylic acids is 2. The van der Waals surface area contributed by atoms with Crippen LogP contribution in [-0.2, 0) is 4.74 Å². The molecule has 1 heterocycles. The summed E-state index contributed by atoms with van der Waals surface area (Å²) >= 11 is 1.21. The Morgan fingerprint density at radius 1 is 1.38 bits per heavy atom. The van der Waals surface area contributed by atoms with Crippen molar-refractivity contribution in [2.24, 2.45) is 0 Å². The van der Waals surface area contributed by atoms with Gasteiger partial charge in [0.05, 0.1) is 12.3 Å². The van der Waals surface area contributed by atoms with Gasteiger partial charge >= 0.3 is 5.97 Å². The first-order valence-corrected chi connectivity index (χ1v) is 8.04. The van der Waals surface area contributed by atoms with Crippen molar-refractivity contribution in [3.63, 3.8) is 0 Å². The van der Waals surface area contributed by atoms with E-state index in [1.54, 1.807) is 6.92 Å². The van der Waals surface area contributed by atoms with Gasteiger partial charge < -0.3 is 21.1 Å². The fourth-order valence-electron chi connectivity index (χ4n) is 1.86. The van der Waals surface area contributed by atoms with Gasteiger partial charge in [0.2, 0.25) is 0 Å². The first-order chi connectivity index (χ1) is 10.1. The minimum atomic E-state index is -0.490. The normalized spacial score (nSPS) is 13.8. The monoisotopic (exact) mass is 311 g/mol. The lowest BCUT2D eigenvalue weighted by Crippen LogP contribution is -2.25. The number of nitrogen functional groups attached to an aromatic ring is 1. The summed E-state index contributed by atoms with van der Waals surface area (Å²) in [5.41, 5.74) is 6.49. The minimum Gasteiger partial charge on any atom is -0.462 e. The Morgan fingerprint density at radius 3 is 2.67 bits per heavy atom. The SMILES string of the molecule is CCCNc1sc(C(=O)NC2CC2)c(N)c1C(=O)OCC. The summed E-state index contributed by atoms with van der Waals surface area (Å²) in [6.07, 6.45) is 2.91. The predicted octanol–water partition coefficient (Wildman–Crippen LogP) is 2.22. The van der Waals surface area contributed by atoms with E-state index in [-0.39, 0.29) is 29.8 Å². The summed E-state index contributed by atoms with van der Waals surface area (Å²) in [7, 11) is 0. The average Bonchev–Trinajstić information content (AvgIpc) is 3.18. The van der Waals surface area contributed by atoms with Crippen LogP contribution in [0.15, 0.2) is 0 Å². The van der Waals surface area contributed by atoms with E-state index in [2.05, 4.69) is 10.6 Å². The lowest BCUT2D eigenvalue weighted by Gasteiger charge is -2.06. The second kappa shape index (κ2) is 6.80. The summed E-state index contributed by atoms with van der Waals surface area (Å²) < 4.78 is 5.03. The second-order valence-electron chi connectivity index (χ2n) is 4.94. The molecule has 0 radical (unpaired) electrons. The maximum absolute atomic E-state index is 12.2. The number of hydrogen-bond acceptors (Lipinski definition) is 6. The molecule has 116 valence electrons. The highest BCUT2D eigenvalue weighted by atomic mass is 32.1. The van der Waals surface area contributed by atoms with E-state index < -0.39 is 5.97 Å². The molecule has 2 rings (SSSR count). The van der Waals surface area contributed by atoms with Gasteiger partial charge in [-0.3, -0.25) is 4.79 Å². The molecule has 1 aromatic rings. The van der Waals surface area contributed by atoms with Crippen molar-refractivity contribution in [2.45, 2.75) is 39.2 Å². The lowest BCUT2D eigenvalue weighted by molar-refractivity contribution is 0.0529. The van der Waals surface area contributed by atoms with Crippen LogP contribution in [0.3, 0.4) is 0 Å². The molecule has 0 saturated heterocycles. The smallest absolute Gasteiger partial charge is 0.343 e. The Hall–Kier alpha value is -1.76. The Kier molecular flexibility index (Phi) is 5.06. The summed E-state index contributed by atoms with van der Waals surface area (Å²) in [6, 6.07) is 0.247. The molecule has 1 fully saturated rings. The molecule has 1 saturated carbocycles. The number of hydrogen-bond donors (Lipinski definition) is 3. The van der Waals surface area contributed by atoms with Crippen LogP contribution >= 0.6 is 11.3 Å². The summed E-state index contributed by atoms with van der Waals surface area (Å²) in [4.78, 5) is 24.6. The molecule has 7 heteroatoms. The third kappa shape index (κ3) is 3.66. The lowest BCUT2D eigenvalue weighted by atomic mass is 10.2. The van der Waals surface area contributed by atoms with Crippen LogP contribution in [0.4, 0.5) is 10.7 Å². The molecule has 0 spiro atoms. The molecule has 0 unspecified atom stereocenters. The van der Waals surface area contributed by atoms with Crippen molar-refractivity contribution >= 4 is 33.9 Å². The number of carbonyl (C=O) groups is 2. The molecule has 0 aromatic carbocycles. The summed E-state index contributed by atoms with van der Waals surface area (Å²) in [5, 5.41) is 6.64.